The van der Waals surface area contributed by atoms with Crippen molar-refractivity contribution >= 4 is 39.9 Å². The van der Waals surface area contributed by atoms with Gasteiger partial charge in [0, 0.05) is 5.69 Å². The second-order valence-corrected chi connectivity index (χ2v) is 11.7. The van der Waals surface area contributed by atoms with Crippen LogP contribution in [-0.4, -0.2) is 34.0 Å². The predicted octanol–water partition coefficient (Wildman–Crippen LogP) is 8.40. The average molecular weight is 916 g/mol. The molecule has 2 aromatic heterocycles. The number of halogens is 10. The first kappa shape index (κ1) is 45.5. The van der Waals surface area contributed by atoms with E-state index in [0.717, 1.165) is 12.3 Å². The van der Waals surface area contributed by atoms with Gasteiger partial charge in [0.2, 0.25) is 11.6 Å². The average Bonchev–Trinajstić information content (AvgIpc) is 3.24. The first-order valence-corrected chi connectivity index (χ1v) is 17.3. The number of nitrogens with zero attached hydrogens (tertiary/aromatic N) is 2. The van der Waals surface area contributed by atoms with Gasteiger partial charge in [-0.2, -0.15) is 0 Å². The molecule has 2 heterocycles. The van der Waals surface area contributed by atoms with Crippen molar-refractivity contribution in [3.63, 3.8) is 0 Å². The molecule has 0 fully saturated rings. The summed E-state index contributed by atoms with van der Waals surface area (Å²) in [7, 11) is 0. The van der Waals surface area contributed by atoms with Crippen LogP contribution in [0.15, 0.2) is 98.6 Å². The first-order valence-electron chi connectivity index (χ1n) is 15.8. The molecule has 0 unspecified atom stereocenters. The van der Waals surface area contributed by atoms with E-state index >= 15 is 0 Å². The molecule has 0 amide bonds. The number of aliphatic imine (C=N–C) groups is 2. The maximum absolute atomic E-state index is 13.7. The van der Waals surface area contributed by atoms with E-state index < -0.39 is 97.8 Å². The Hall–Kier alpha value is -6.24. The Kier molecular flexibility index (Phi) is 15.4. The molecule has 8 nitrogen and oxygen atoms in total. The topological polar surface area (TPSA) is 125 Å². The Morgan fingerprint density at radius 3 is 1.47 bits per heavy atom. The standard InChI is InChI=1S/C19H8F5N2O2.C19H9F5N2O2.CH3.Co.Ni/c20-13-14(21)16(23)18(17(24)15(13)22)26-8-11(27)10-6-7-25-19(28)12(10)9-4-2-1-3-5-9;20-13-14(21)16(23)18(17(24)15(13)22)25-8-12(27)10-6-7-11(26-19(10)28)9-4-2-1-3-5-9;;;/h1-4,6-8H,(H,25,28);1-8H,(H,26,28);1H3;;. The zero-order chi connectivity index (χ0) is 43.7. The van der Waals surface area contributed by atoms with E-state index in [1.54, 1.807) is 54.4 Å². The zero-order valence-electron chi connectivity index (χ0n) is 29.1. The summed E-state index contributed by atoms with van der Waals surface area (Å²) in [5.41, 5.74) is -3.85. The summed E-state index contributed by atoms with van der Waals surface area (Å²) in [6.07, 6.45) is 1.84. The van der Waals surface area contributed by atoms with Crippen molar-refractivity contribution in [2.75, 3.05) is 0 Å². The third-order valence-corrected chi connectivity index (χ3v) is 8.06. The minimum atomic E-state index is -2.34. The van der Waals surface area contributed by atoms with Crippen molar-refractivity contribution in [1.29, 1.82) is 0 Å². The normalized spacial score (nSPS) is 11.0. The monoisotopic (exact) mass is 915 g/mol. The molecule has 0 aliphatic rings. The van der Waals surface area contributed by atoms with E-state index in [0.29, 0.717) is 33.7 Å². The fourth-order valence-electron chi connectivity index (χ4n) is 4.85. The molecule has 4 aromatic carbocycles. The molecule has 2 N–H and O–H groups in total. The number of aromatic nitrogens is 2. The van der Waals surface area contributed by atoms with Gasteiger partial charge in [0.15, 0.2) is 23.3 Å². The summed E-state index contributed by atoms with van der Waals surface area (Å²) in [4.78, 5) is 59.9. The van der Waals surface area contributed by atoms with Crippen LogP contribution in [0.1, 0.15) is 20.7 Å². The molecular weight excluding hydrogens is 896 g/mol. The van der Waals surface area contributed by atoms with E-state index in [-0.39, 0.29) is 11.1 Å². The molecule has 20 heteroatoms. The second-order valence-electron chi connectivity index (χ2n) is 11.1. The van der Waals surface area contributed by atoms with Crippen molar-refractivity contribution in [3.05, 3.63) is 169 Å². The van der Waals surface area contributed by atoms with Gasteiger partial charge in [-0.25, -0.2) is 26.9 Å². The molecule has 0 atom stereocenters. The van der Waals surface area contributed by atoms with Crippen LogP contribution < -0.4 is 15.6 Å². The van der Waals surface area contributed by atoms with Gasteiger partial charge in [0.25, 0.3) is 5.56 Å². The van der Waals surface area contributed by atoms with E-state index in [1.165, 1.54) is 18.2 Å². The van der Waals surface area contributed by atoms with Gasteiger partial charge in [-0.15, -0.1) is 0 Å². The number of rotatable bonds is 8. The third-order valence-electron chi connectivity index (χ3n) is 7.60. The summed E-state index contributed by atoms with van der Waals surface area (Å²) in [6, 6.07) is 18.8. The number of Topliss-reactive ketones (excluding diaryl/α,β-unsaturated/α-hetero) is 2. The molecule has 6 rings (SSSR count). The molecular formula is C39H20CoF10N4NiO4. The van der Waals surface area contributed by atoms with Crippen molar-refractivity contribution in [1.82, 2.24) is 9.97 Å². The van der Waals surface area contributed by atoms with Crippen LogP contribution in [0, 0.1) is 58.2 Å². The number of benzene rings is 4. The summed E-state index contributed by atoms with van der Waals surface area (Å²) >= 11 is 8.16. The number of pyridine rings is 2. The number of nitrogens with one attached hydrogen (secondary N) is 2. The van der Waals surface area contributed by atoms with Crippen molar-refractivity contribution in [2.24, 2.45) is 9.98 Å². The van der Waals surface area contributed by atoms with Gasteiger partial charge in [0.05, 0.1) is 11.8 Å². The Bertz CT molecular complexity index is 2710. The summed E-state index contributed by atoms with van der Waals surface area (Å²) in [6.45, 7) is 0. The predicted molar refractivity (Wildman–Crippen MR) is 188 cm³/mol. The Morgan fingerprint density at radius 2 is 1.00 bits per heavy atom. The molecule has 0 aliphatic carbocycles. The molecule has 0 saturated carbocycles. The maximum atomic E-state index is 13.7. The van der Waals surface area contributed by atoms with Crippen molar-refractivity contribution in [2.45, 2.75) is 5.89 Å². The van der Waals surface area contributed by atoms with Crippen LogP contribution >= 0.6 is 0 Å². The van der Waals surface area contributed by atoms with Crippen LogP contribution in [0.25, 0.3) is 22.4 Å². The molecule has 0 radical (unpaired) electrons. The van der Waals surface area contributed by atoms with Crippen molar-refractivity contribution < 1.29 is 84.7 Å². The van der Waals surface area contributed by atoms with Crippen LogP contribution in [0.5, 0.6) is 0 Å². The number of hydrogen-bond donors (Lipinski definition) is 2. The van der Waals surface area contributed by atoms with Crippen LogP contribution in [-0.2, 0) is 31.2 Å². The number of hydrogen-bond acceptors (Lipinski definition) is 6. The Labute approximate surface area is 340 Å². The van der Waals surface area contributed by atoms with E-state index in [9.17, 15) is 63.1 Å². The van der Waals surface area contributed by atoms with Gasteiger partial charge in [-0.05, 0) is 17.7 Å². The number of aromatic amines is 2. The zero-order valence-corrected chi connectivity index (χ0v) is 31.1. The molecule has 59 heavy (non-hydrogen) atoms. The Balaban J connectivity index is 0.000000250. The summed E-state index contributed by atoms with van der Waals surface area (Å²) < 4.78 is 134. The third kappa shape index (κ3) is 9.90. The number of carbonyl (C=O) groups excluding carboxylic acids is 2. The molecule has 0 bridgehead atoms. The van der Waals surface area contributed by atoms with E-state index in [1.807, 2.05) is 0 Å². The van der Waals surface area contributed by atoms with Gasteiger partial charge in [-0.3, -0.25) is 9.59 Å². The minimum absolute atomic E-state index is 0.0925. The van der Waals surface area contributed by atoms with E-state index in [2.05, 4.69) is 51.2 Å². The molecule has 0 saturated heterocycles. The van der Waals surface area contributed by atoms with Crippen molar-refractivity contribution in [3.8, 4) is 22.4 Å². The molecule has 309 valence electrons. The number of ketones is 2. The van der Waals surface area contributed by atoms with Crippen LogP contribution in [0.3, 0.4) is 0 Å². The fraction of sp³-hybridized carbons (Fsp3) is 0.0256. The summed E-state index contributed by atoms with van der Waals surface area (Å²) in [5.74, 6) is -22.6. The first-order chi connectivity index (χ1) is 28.0. The van der Waals surface area contributed by atoms with Crippen LogP contribution in [0.2, 0.25) is 5.89 Å². The van der Waals surface area contributed by atoms with Gasteiger partial charge < -0.3 is 4.98 Å². The fourth-order valence-corrected chi connectivity index (χ4v) is 5.17. The second kappa shape index (κ2) is 20.0. The molecule has 0 aliphatic heterocycles. The van der Waals surface area contributed by atoms with Crippen LogP contribution in [0.4, 0.5) is 55.3 Å². The Morgan fingerprint density at radius 1 is 0.559 bits per heavy atom. The number of H-pyrrole nitrogens is 2. The molecule has 6 aromatic rings. The van der Waals surface area contributed by atoms with Gasteiger partial charge in [-0.1, -0.05) is 30.3 Å². The van der Waals surface area contributed by atoms with Gasteiger partial charge in [0.1, 0.15) is 5.69 Å². The SMILES string of the molecule is O=C(C=Nc1c(F)c(F)c(F)c(F)c1F)c1cc[nH]c(=O)c1-c1cccc[c]1[Co].O=C(C=Nc1c(F)c(F)c(F)c(F)c1F)c1ccc(-c2ccccc2)[nH]c1=O.[CH3][Ni]. The number of carbonyl (C=O) groups is 2. The summed E-state index contributed by atoms with van der Waals surface area (Å²) in [5, 5.41) is 0. The van der Waals surface area contributed by atoms with Gasteiger partial charge >= 0.3 is 189 Å². The quantitative estimate of drug-likeness (QED) is 0.0398. The molecule has 0 spiro atoms. The van der Waals surface area contributed by atoms with E-state index in [4.69, 9.17) is 0 Å².